The number of hydrogen-bond donors (Lipinski definition) is 4. The molecule has 1 aliphatic rings. The van der Waals surface area contributed by atoms with Crippen LogP contribution in [0.4, 0.5) is 10.6 Å². The second kappa shape index (κ2) is 9.94. The van der Waals surface area contributed by atoms with Gasteiger partial charge in [-0.1, -0.05) is 54.6 Å². The average molecular weight is 476 g/mol. The smallest absolute Gasteiger partial charge is 0.412 e. The molecule has 2 aromatic carbocycles. The molecule has 0 spiro atoms. The Morgan fingerprint density at radius 2 is 1.60 bits per heavy atom. The molecule has 1 atom stereocenters. The number of pyridine rings is 1. The topological polar surface area (TPSA) is 138 Å². The number of anilines is 1. The fourth-order valence-electron chi connectivity index (χ4n) is 4.12. The highest BCUT2D eigenvalue weighted by Gasteiger charge is 2.29. The van der Waals surface area contributed by atoms with Crippen LogP contribution in [0.5, 0.6) is 0 Å². The molecular formula is C26H25N3O6. The highest BCUT2D eigenvalue weighted by molar-refractivity contribution is 5.93. The number of fused-ring (bicyclic) bond motifs is 3. The number of carboxylic acid groups (broad SMARTS) is 1. The monoisotopic (exact) mass is 475 g/mol. The van der Waals surface area contributed by atoms with E-state index in [0.29, 0.717) is 0 Å². The molecule has 1 unspecified atom stereocenters. The van der Waals surface area contributed by atoms with Crippen LogP contribution in [0.1, 0.15) is 40.9 Å². The van der Waals surface area contributed by atoms with Gasteiger partial charge in [0, 0.05) is 12.5 Å². The molecule has 0 bridgehead atoms. The lowest BCUT2D eigenvalue weighted by atomic mass is 9.98. The normalized spacial score (nSPS) is 13.8. The minimum atomic E-state index is -1.61. The van der Waals surface area contributed by atoms with Crippen LogP contribution in [0.25, 0.3) is 11.1 Å². The maximum absolute atomic E-state index is 12.5. The summed E-state index contributed by atoms with van der Waals surface area (Å²) in [6, 6.07) is 20.5. The van der Waals surface area contributed by atoms with Crippen molar-refractivity contribution >= 4 is 23.8 Å². The summed E-state index contributed by atoms with van der Waals surface area (Å²) in [6.07, 6.45) is -1.23. The van der Waals surface area contributed by atoms with Crippen LogP contribution >= 0.6 is 0 Å². The van der Waals surface area contributed by atoms with Crippen molar-refractivity contribution in [2.45, 2.75) is 24.9 Å². The summed E-state index contributed by atoms with van der Waals surface area (Å²) < 4.78 is 5.49. The number of carbonyl (C=O) groups excluding carboxylic acids is 2. The molecule has 4 rings (SSSR count). The van der Waals surface area contributed by atoms with E-state index in [9.17, 15) is 19.5 Å². The summed E-state index contributed by atoms with van der Waals surface area (Å²) in [5.74, 6) is -1.77. The van der Waals surface area contributed by atoms with E-state index in [2.05, 4.69) is 27.8 Å². The zero-order chi connectivity index (χ0) is 25.0. The van der Waals surface area contributed by atoms with Gasteiger partial charge in [-0.15, -0.1) is 0 Å². The van der Waals surface area contributed by atoms with Gasteiger partial charge in [-0.2, -0.15) is 0 Å². The van der Waals surface area contributed by atoms with Crippen LogP contribution in [0, 0.1) is 0 Å². The Balaban J connectivity index is 1.36. The van der Waals surface area contributed by atoms with Gasteiger partial charge in [0.15, 0.2) is 0 Å². The maximum atomic E-state index is 12.5. The molecule has 4 N–H and O–H groups in total. The van der Waals surface area contributed by atoms with Gasteiger partial charge in [0.25, 0.3) is 5.91 Å². The fourth-order valence-corrected chi connectivity index (χ4v) is 4.12. The second-order valence-electron chi connectivity index (χ2n) is 8.61. The molecule has 9 heteroatoms. The van der Waals surface area contributed by atoms with E-state index < -0.39 is 30.0 Å². The van der Waals surface area contributed by atoms with Crippen LogP contribution in [0.2, 0.25) is 0 Å². The summed E-state index contributed by atoms with van der Waals surface area (Å²) in [6.45, 7) is 1.17. The number of ether oxygens (including phenoxy) is 1. The lowest BCUT2D eigenvalue weighted by Crippen LogP contribution is -2.42. The molecule has 0 saturated carbocycles. The molecule has 9 nitrogen and oxygen atoms in total. The molecule has 1 aromatic heterocycles. The summed E-state index contributed by atoms with van der Waals surface area (Å²) in [7, 11) is 0. The zero-order valence-electron chi connectivity index (χ0n) is 19.0. The first-order chi connectivity index (χ1) is 16.7. The van der Waals surface area contributed by atoms with Crippen molar-refractivity contribution in [1.82, 2.24) is 10.3 Å². The van der Waals surface area contributed by atoms with Crippen molar-refractivity contribution in [3.05, 3.63) is 83.6 Å². The number of amides is 2. The van der Waals surface area contributed by atoms with Gasteiger partial charge >= 0.3 is 12.1 Å². The first-order valence-electron chi connectivity index (χ1n) is 11.0. The lowest BCUT2D eigenvalue weighted by Gasteiger charge is -2.21. The first kappa shape index (κ1) is 23.9. The van der Waals surface area contributed by atoms with Crippen LogP contribution in [0.15, 0.2) is 66.7 Å². The van der Waals surface area contributed by atoms with Gasteiger partial charge in [0.2, 0.25) is 0 Å². The van der Waals surface area contributed by atoms with Crippen molar-refractivity contribution < 1.29 is 29.3 Å². The standard InChI is InChI=1S/C26H25N3O6/c1-26(34,13-23(30)31)15-27-24(32)21-11-6-12-22(28-21)29-25(33)35-14-20-18-9-4-2-7-16(18)17-8-3-5-10-19(17)20/h2-12,20,34H,13-15H2,1H3,(H,27,32)(H,30,31)(H,28,29,33). The van der Waals surface area contributed by atoms with E-state index >= 15 is 0 Å². The number of aromatic nitrogens is 1. The summed E-state index contributed by atoms with van der Waals surface area (Å²) in [5.41, 5.74) is 2.82. The van der Waals surface area contributed by atoms with E-state index in [1.165, 1.54) is 25.1 Å². The highest BCUT2D eigenvalue weighted by atomic mass is 16.5. The zero-order valence-corrected chi connectivity index (χ0v) is 19.0. The molecule has 3 aromatic rings. The SMILES string of the molecule is CC(O)(CNC(=O)c1cccc(NC(=O)OCC2c3ccccc3-c3ccccc32)n1)CC(=O)O. The Morgan fingerprint density at radius 1 is 0.971 bits per heavy atom. The lowest BCUT2D eigenvalue weighted by molar-refractivity contribution is -0.141. The van der Waals surface area contributed by atoms with E-state index in [0.717, 1.165) is 22.3 Å². The molecular weight excluding hydrogens is 450 g/mol. The van der Waals surface area contributed by atoms with E-state index in [4.69, 9.17) is 9.84 Å². The van der Waals surface area contributed by atoms with Crippen molar-refractivity contribution in [3.8, 4) is 11.1 Å². The molecule has 0 aliphatic heterocycles. The van der Waals surface area contributed by atoms with Crippen molar-refractivity contribution in [3.63, 3.8) is 0 Å². The molecule has 2 amide bonds. The third-order valence-electron chi connectivity index (χ3n) is 5.72. The number of benzene rings is 2. The molecule has 0 radical (unpaired) electrons. The number of nitrogens with zero attached hydrogens (tertiary/aromatic N) is 1. The second-order valence-corrected chi connectivity index (χ2v) is 8.61. The van der Waals surface area contributed by atoms with Gasteiger partial charge in [-0.3, -0.25) is 14.9 Å². The molecule has 0 fully saturated rings. The Hall–Kier alpha value is -4.24. The third kappa shape index (κ3) is 5.64. The maximum Gasteiger partial charge on any atom is 0.412 e. The predicted molar refractivity (Wildman–Crippen MR) is 128 cm³/mol. The molecule has 35 heavy (non-hydrogen) atoms. The number of aliphatic carboxylic acids is 1. The largest absolute Gasteiger partial charge is 0.481 e. The predicted octanol–water partition coefficient (Wildman–Crippen LogP) is 3.40. The molecule has 1 heterocycles. The van der Waals surface area contributed by atoms with E-state index in [1.54, 1.807) is 0 Å². The number of aliphatic hydroxyl groups is 1. The number of hydrogen-bond acceptors (Lipinski definition) is 6. The molecule has 1 aliphatic carbocycles. The summed E-state index contributed by atoms with van der Waals surface area (Å²) in [4.78, 5) is 39.7. The molecule has 0 saturated heterocycles. The Bertz CT molecular complexity index is 1230. The minimum Gasteiger partial charge on any atom is -0.481 e. The van der Waals surface area contributed by atoms with E-state index in [-0.39, 0.29) is 30.6 Å². The Kier molecular flexibility index (Phi) is 6.79. The van der Waals surface area contributed by atoms with Crippen LogP contribution in [0.3, 0.4) is 0 Å². The summed E-state index contributed by atoms with van der Waals surface area (Å²) in [5, 5.41) is 23.8. The summed E-state index contributed by atoms with van der Waals surface area (Å²) >= 11 is 0. The van der Waals surface area contributed by atoms with Gasteiger partial charge in [0.05, 0.1) is 12.0 Å². The highest BCUT2D eigenvalue weighted by Crippen LogP contribution is 2.44. The van der Waals surface area contributed by atoms with Crippen LogP contribution < -0.4 is 10.6 Å². The number of rotatable bonds is 8. The third-order valence-corrected chi connectivity index (χ3v) is 5.72. The van der Waals surface area contributed by atoms with Crippen molar-refractivity contribution in [2.24, 2.45) is 0 Å². The fraction of sp³-hybridized carbons (Fsp3) is 0.231. The molecule has 180 valence electrons. The minimum absolute atomic E-state index is 0.00688. The van der Waals surface area contributed by atoms with E-state index in [1.807, 2.05) is 36.4 Å². The van der Waals surface area contributed by atoms with Crippen molar-refractivity contribution in [1.29, 1.82) is 0 Å². The number of nitrogens with one attached hydrogen (secondary N) is 2. The number of carboxylic acids is 1. The van der Waals surface area contributed by atoms with Gasteiger partial charge in [0.1, 0.15) is 18.1 Å². The van der Waals surface area contributed by atoms with Crippen LogP contribution in [-0.4, -0.2) is 51.9 Å². The first-order valence-corrected chi connectivity index (χ1v) is 11.0. The van der Waals surface area contributed by atoms with Gasteiger partial charge in [-0.25, -0.2) is 9.78 Å². The van der Waals surface area contributed by atoms with Gasteiger partial charge in [-0.05, 0) is 41.3 Å². The van der Waals surface area contributed by atoms with Gasteiger partial charge < -0.3 is 20.3 Å². The Labute approximate surface area is 201 Å². The Morgan fingerprint density at radius 3 is 2.23 bits per heavy atom. The number of carbonyl (C=O) groups is 3. The van der Waals surface area contributed by atoms with Crippen LogP contribution in [-0.2, 0) is 9.53 Å². The average Bonchev–Trinajstić information content (AvgIpc) is 3.14. The van der Waals surface area contributed by atoms with Crippen molar-refractivity contribution in [2.75, 3.05) is 18.5 Å². The quantitative estimate of drug-likeness (QED) is 0.392.